The van der Waals surface area contributed by atoms with Crippen molar-refractivity contribution in [1.29, 1.82) is 0 Å². The van der Waals surface area contributed by atoms with Gasteiger partial charge in [-0.15, -0.1) is 11.3 Å². The molecule has 7 heteroatoms. The zero-order valence-electron chi connectivity index (χ0n) is 15.4. The Kier molecular flexibility index (Phi) is 4.95. The second-order valence-corrected chi connectivity index (χ2v) is 9.76. The largest absolute Gasteiger partial charge is 0.322 e. The van der Waals surface area contributed by atoms with Gasteiger partial charge < -0.3 is 5.32 Å². The molecule has 0 unspecified atom stereocenters. The summed E-state index contributed by atoms with van der Waals surface area (Å²) < 4.78 is 27.7. The first kappa shape index (κ1) is 18.7. The molecule has 5 nitrogen and oxygen atoms in total. The van der Waals surface area contributed by atoms with Crippen LogP contribution in [0.3, 0.4) is 0 Å². The van der Waals surface area contributed by atoms with Crippen molar-refractivity contribution in [3.05, 3.63) is 76.7 Å². The van der Waals surface area contributed by atoms with Crippen molar-refractivity contribution >= 4 is 38.6 Å². The third-order valence-electron chi connectivity index (χ3n) is 4.84. The Morgan fingerprint density at radius 3 is 2.68 bits per heavy atom. The standard InChI is InChI=1S/C21H20N2O3S2/c1-15-6-2-3-8-18(15)21(24)22-17-10-11-19-16(14-17)7-4-12-23(19)28(25,26)20-9-5-13-27-20/h2-3,5-6,8-11,13-14H,4,7,12H2,1H3,(H,22,24). The van der Waals surface area contributed by atoms with Crippen molar-refractivity contribution < 1.29 is 13.2 Å². The van der Waals surface area contributed by atoms with Crippen LogP contribution in [0.25, 0.3) is 0 Å². The predicted octanol–water partition coefficient (Wildman–Crippen LogP) is 4.45. The lowest BCUT2D eigenvalue weighted by Crippen LogP contribution is -2.35. The van der Waals surface area contributed by atoms with Gasteiger partial charge in [0.2, 0.25) is 0 Å². The molecule has 0 saturated heterocycles. The number of sulfonamides is 1. The number of nitrogens with one attached hydrogen (secondary N) is 1. The van der Waals surface area contributed by atoms with E-state index in [1.807, 2.05) is 31.2 Å². The number of amides is 1. The number of rotatable bonds is 4. The molecule has 1 aliphatic heterocycles. The summed E-state index contributed by atoms with van der Waals surface area (Å²) in [7, 11) is -3.55. The third-order valence-corrected chi connectivity index (χ3v) is 8.03. The van der Waals surface area contributed by atoms with Crippen molar-refractivity contribution in [3.63, 3.8) is 0 Å². The lowest BCUT2D eigenvalue weighted by Gasteiger charge is -2.30. The van der Waals surface area contributed by atoms with Crippen LogP contribution in [0.15, 0.2) is 64.2 Å². The van der Waals surface area contributed by atoms with Crippen LogP contribution in [-0.4, -0.2) is 20.9 Å². The van der Waals surface area contributed by atoms with Crippen molar-refractivity contribution in [2.24, 2.45) is 0 Å². The summed E-state index contributed by atoms with van der Waals surface area (Å²) >= 11 is 1.22. The Hall–Kier alpha value is -2.64. The SMILES string of the molecule is Cc1ccccc1C(=O)Nc1ccc2c(c1)CCCN2S(=O)(=O)c1cccs1. The van der Waals surface area contributed by atoms with Crippen LogP contribution in [-0.2, 0) is 16.4 Å². The molecule has 0 bridgehead atoms. The Labute approximate surface area is 168 Å². The van der Waals surface area contributed by atoms with Gasteiger partial charge in [0.15, 0.2) is 0 Å². The summed E-state index contributed by atoms with van der Waals surface area (Å²) in [4.78, 5) is 12.6. The summed E-state index contributed by atoms with van der Waals surface area (Å²) in [6.07, 6.45) is 1.52. The van der Waals surface area contributed by atoms with Crippen LogP contribution in [0.1, 0.15) is 27.9 Å². The van der Waals surface area contributed by atoms with Gasteiger partial charge in [0, 0.05) is 17.8 Å². The van der Waals surface area contributed by atoms with Crippen LogP contribution in [0.2, 0.25) is 0 Å². The molecular formula is C21H20N2O3S2. The van der Waals surface area contributed by atoms with Crippen molar-refractivity contribution in [1.82, 2.24) is 0 Å². The van der Waals surface area contributed by atoms with E-state index in [0.717, 1.165) is 24.0 Å². The van der Waals surface area contributed by atoms with E-state index in [1.54, 1.807) is 35.7 Å². The van der Waals surface area contributed by atoms with Crippen molar-refractivity contribution in [3.8, 4) is 0 Å². The zero-order valence-corrected chi connectivity index (χ0v) is 17.0. The fourth-order valence-electron chi connectivity index (χ4n) is 3.43. The number of aryl methyl sites for hydroxylation is 2. The summed E-state index contributed by atoms with van der Waals surface area (Å²) in [5, 5.41) is 4.69. The van der Waals surface area contributed by atoms with Crippen LogP contribution in [0, 0.1) is 6.92 Å². The molecule has 144 valence electrons. The summed E-state index contributed by atoms with van der Waals surface area (Å²) in [6.45, 7) is 2.36. The van der Waals surface area contributed by atoms with E-state index in [2.05, 4.69) is 5.32 Å². The van der Waals surface area contributed by atoms with E-state index in [9.17, 15) is 13.2 Å². The maximum atomic E-state index is 13.0. The molecule has 0 aliphatic carbocycles. The van der Waals surface area contributed by atoms with Crippen LogP contribution in [0.4, 0.5) is 11.4 Å². The van der Waals surface area contributed by atoms with Gasteiger partial charge in [-0.2, -0.15) is 0 Å². The summed E-state index contributed by atoms with van der Waals surface area (Å²) in [6, 6.07) is 16.2. The first-order valence-corrected chi connectivity index (χ1v) is 11.3. The maximum Gasteiger partial charge on any atom is 0.273 e. The number of hydrogen-bond acceptors (Lipinski definition) is 4. The Bertz CT molecular complexity index is 1120. The van der Waals surface area contributed by atoms with E-state index in [4.69, 9.17) is 0 Å². The highest BCUT2D eigenvalue weighted by Gasteiger charge is 2.30. The molecule has 0 atom stereocenters. The highest BCUT2D eigenvalue weighted by molar-refractivity contribution is 7.94. The molecule has 0 saturated carbocycles. The molecule has 0 spiro atoms. The van der Waals surface area contributed by atoms with Crippen LogP contribution < -0.4 is 9.62 Å². The number of carbonyl (C=O) groups excluding carboxylic acids is 1. The number of hydrogen-bond donors (Lipinski definition) is 1. The van der Waals surface area contributed by atoms with E-state index < -0.39 is 10.0 Å². The zero-order chi connectivity index (χ0) is 19.7. The molecule has 2 heterocycles. The smallest absolute Gasteiger partial charge is 0.273 e. The lowest BCUT2D eigenvalue weighted by atomic mass is 10.0. The normalized spacial score (nSPS) is 13.8. The maximum absolute atomic E-state index is 13.0. The van der Waals surface area contributed by atoms with Gasteiger partial charge in [0.1, 0.15) is 4.21 Å². The summed E-state index contributed by atoms with van der Waals surface area (Å²) in [5.41, 5.74) is 3.82. The van der Waals surface area contributed by atoms with Crippen LogP contribution in [0.5, 0.6) is 0 Å². The van der Waals surface area contributed by atoms with E-state index in [0.29, 0.717) is 27.7 Å². The minimum Gasteiger partial charge on any atom is -0.322 e. The van der Waals surface area contributed by atoms with Gasteiger partial charge in [-0.05, 0) is 66.6 Å². The van der Waals surface area contributed by atoms with Crippen molar-refractivity contribution in [2.75, 3.05) is 16.2 Å². The molecule has 28 heavy (non-hydrogen) atoms. The second-order valence-electron chi connectivity index (χ2n) is 6.73. The fraction of sp³-hybridized carbons (Fsp3) is 0.190. The number of carbonyl (C=O) groups is 1. The van der Waals surface area contributed by atoms with E-state index >= 15 is 0 Å². The molecule has 4 rings (SSSR count). The lowest BCUT2D eigenvalue weighted by molar-refractivity contribution is 0.102. The van der Waals surface area contributed by atoms with Gasteiger partial charge in [0.05, 0.1) is 5.69 Å². The highest BCUT2D eigenvalue weighted by Crippen LogP contribution is 2.34. The average Bonchev–Trinajstić information content (AvgIpc) is 3.23. The van der Waals surface area contributed by atoms with E-state index in [-0.39, 0.29) is 5.91 Å². The molecule has 1 N–H and O–H groups in total. The van der Waals surface area contributed by atoms with Gasteiger partial charge in [-0.25, -0.2) is 8.42 Å². The molecule has 2 aromatic carbocycles. The molecule has 0 radical (unpaired) electrons. The van der Waals surface area contributed by atoms with E-state index in [1.165, 1.54) is 15.6 Å². The number of benzene rings is 2. The predicted molar refractivity (Wildman–Crippen MR) is 113 cm³/mol. The van der Waals surface area contributed by atoms with Crippen molar-refractivity contribution in [2.45, 2.75) is 24.0 Å². The van der Waals surface area contributed by atoms with Gasteiger partial charge >= 0.3 is 0 Å². The summed E-state index contributed by atoms with van der Waals surface area (Å²) in [5.74, 6) is -0.170. The topological polar surface area (TPSA) is 66.5 Å². The Morgan fingerprint density at radius 2 is 1.93 bits per heavy atom. The van der Waals surface area contributed by atoms with Crippen LogP contribution >= 0.6 is 11.3 Å². The molecule has 0 fully saturated rings. The minimum atomic E-state index is -3.55. The number of thiophene rings is 1. The number of fused-ring (bicyclic) bond motifs is 1. The van der Waals surface area contributed by atoms with Gasteiger partial charge in [-0.3, -0.25) is 9.10 Å². The third kappa shape index (κ3) is 3.43. The number of anilines is 2. The minimum absolute atomic E-state index is 0.170. The Balaban J connectivity index is 1.62. The molecule has 1 aliphatic rings. The molecule has 3 aromatic rings. The van der Waals surface area contributed by atoms with Gasteiger partial charge in [0.25, 0.3) is 15.9 Å². The quantitative estimate of drug-likeness (QED) is 0.688. The monoisotopic (exact) mass is 412 g/mol. The van der Waals surface area contributed by atoms with Gasteiger partial charge in [-0.1, -0.05) is 24.3 Å². The molecule has 1 amide bonds. The first-order valence-electron chi connectivity index (χ1n) is 9.03. The second kappa shape index (κ2) is 7.41. The number of nitrogens with zero attached hydrogens (tertiary/aromatic N) is 1. The fourth-order valence-corrected chi connectivity index (χ4v) is 6.08. The molecule has 1 aromatic heterocycles. The molecular weight excluding hydrogens is 392 g/mol. The first-order chi connectivity index (χ1) is 13.5. The average molecular weight is 413 g/mol. The highest BCUT2D eigenvalue weighted by atomic mass is 32.2. The Morgan fingerprint density at radius 1 is 1.11 bits per heavy atom.